The molecule has 0 aliphatic heterocycles. The molecule has 1 aromatic heterocycles. The highest BCUT2D eigenvalue weighted by Crippen LogP contribution is 2.24. The average Bonchev–Trinajstić information content (AvgIpc) is 3.09. The predicted molar refractivity (Wildman–Crippen MR) is 113 cm³/mol. The first-order valence-electron chi connectivity index (χ1n) is 9.51. The van der Waals surface area contributed by atoms with Gasteiger partial charge in [-0.15, -0.1) is 0 Å². The SMILES string of the molecule is Cc1ccc(C)c(OCCn2cc(C(=O)c3ccccc3)c3ccccc32)c1. The van der Waals surface area contributed by atoms with Crippen LogP contribution < -0.4 is 4.74 Å². The Hall–Kier alpha value is -3.33. The molecular formula is C25H23NO2. The Bertz CT molecular complexity index is 1130. The van der Waals surface area contributed by atoms with E-state index >= 15 is 0 Å². The summed E-state index contributed by atoms with van der Waals surface area (Å²) in [6.45, 7) is 5.33. The zero-order valence-corrected chi connectivity index (χ0v) is 16.2. The van der Waals surface area contributed by atoms with E-state index in [4.69, 9.17) is 4.74 Å². The number of fused-ring (bicyclic) bond motifs is 1. The van der Waals surface area contributed by atoms with Gasteiger partial charge in [-0.2, -0.15) is 0 Å². The first kappa shape index (κ1) is 18.1. The molecule has 0 spiro atoms. The van der Waals surface area contributed by atoms with Gasteiger partial charge < -0.3 is 9.30 Å². The molecule has 0 saturated carbocycles. The quantitative estimate of drug-likeness (QED) is 0.416. The molecule has 0 radical (unpaired) electrons. The summed E-state index contributed by atoms with van der Waals surface area (Å²) in [6, 6.07) is 23.7. The van der Waals surface area contributed by atoms with E-state index in [2.05, 4.69) is 42.7 Å². The Kier molecular flexibility index (Phi) is 4.98. The molecule has 0 atom stereocenters. The molecule has 0 saturated heterocycles. The Balaban J connectivity index is 1.60. The number of carbonyl (C=O) groups is 1. The molecule has 140 valence electrons. The fraction of sp³-hybridized carbons (Fsp3) is 0.160. The third kappa shape index (κ3) is 3.56. The highest BCUT2D eigenvalue weighted by molar-refractivity contribution is 6.16. The van der Waals surface area contributed by atoms with Crippen LogP contribution in [0.5, 0.6) is 5.75 Å². The average molecular weight is 369 g/mol. The number of ether oxygens (including phenoxy) is 1. The lowest BCUT2D eigenvalue weighted by Crippen LogP contribution is -2.08. The molecule has 0 aliphatic carbocycles. The molecule has 28 heavy (non-hydrogen) atoms. The topological polar surface area (TPSA) is 31.2 Å². The number of hydrogen-bond donors (Lipinski definition) is 0. The Morgan fingerprint density at radius 3 is 2.50 bits per heavy atom. The zero-order valence-electron chi connectivity index (χ0n) is 16.2. The van der Waals surface area contributed by atoms with E-state index in [-0.39, 0.29) is 5.78 Å². The van der Waals surface area contributed by atoms with Crippen LogP contribution in [0, 0.1) is 13.8 Å². The van der Waals surface area contributed by atoms with Crippen molar-refractivity contribution in [1.82, 2.24) is 4.57 Å². The van der Waals surface area contributed by atoms with Crippen LogP contribution in [0.2, 0.25) is 0 Å². The van der Waals surface area contributed by atoms with Crippen LogP contribution in [0.25, 0.3) is 10.9 Å². The summed E-state index contributed by atoms with van der Waals surface area (Å²) < 4.78 is 8.13. The highest BCUT2D eigenvalue weighted by atomic mass is 16.5. The van der Waals surface area contributed by atoms with Crippen LogP contribution in [-0.4, -0.2) is 17.0 Å². The summed E-state index contributed by atoms with van der Waals surface area (Å²) in [5.41, 5.74) is 4.79. The van der Waals surface area contributed by atoms with Crippen LogP contribution in [-0.2, 0) is 6.54 Å². The maximum absolute atomic E-state index is 13.0. The number of aromatic nitrogens is 1. The van der Waals surface area contributed by atoms with Gasteiger partial charge in [-0.05, 0) is 37.1 Å². The van der Waals surface area contributed by atoms with Crippen molar-refractivity contribution in [2.45, 2.75) is 20.4 Å². The van der Waals surface area contributed by atoms with E-state index < -0.39 is 0 Å². The number of hydrogen-bond acceptors (Lipinski definition) is 2. The fourth-order valence-corrected chi connectivity index (χ4v) is 3.47. The monoisotopic (exact) mass is 369 g/mol. The van der Waals surface area contributed by atoms with Crippen LogP contribution in [0.4, 0.5) is 0 Å². The molecule has 3 aromatic carbocycles. The van der Waals surface area contributed by atoms with Gasteiger partial charge in [0.15, 0.2) is 5.78 Å². The maximum atomic E-state index is 13.0. The summed E-state index contributed by atoms with van der Waals surface area (Å²) >= 11 is 0. The van der Waals surface area contributed by atoms with Crippen molar-refractivity contribution in [2.24, 2.45) is 0 Å². The molecule has 0 N–H and O–H groups in total. The number of para-hydroxylation sites is 1. The van der Waals surface area contributed by atoms with Crippen LogP contribution >= 0.6 is 0 Å². The number of carbonyl (C=O) groups excluding carboxylic acids is 1. The summed E-state index contributed by atoms with van der Waals surface area (Å²) in [5.74, 6) is 0.961. The summed E-state index contributed by atoms with van der Waals surface area (Å²) in [4.78, 5) is 13.0. The standard InChI is InChI=1S/C25H23NO2/c1-18-12-13-19(2)24(16-18)28-15-14-26-17-22(21-10-6-7-11-23(21)26)25(27)20-8-4-3-5-9-20/h3-13,16-17H,14-15H2,1-2H3. The summed E-state index contributed by atoms with van der Waals surface area (Å²) in [7, 11) is 0. The number of benzene rings is 3. The molecular weight excluding hydrogens is 346 g/mol. The third-order valence-electron chi connectivity index (χ3n) is 5.00. The van der Waals surface area contributed by atoms with Gasteiger partial charge in [0.05, 0.1) is 6.54 Å². The molecule has 0 bridgehead atoms. The van der Waals surface area contributed by atoms with Gasteiger partial charge in [0.25, 0.3) is 0 Å². The number of rotatable bonds is 6. The summed E-state index contributed by atoms with van der Waals surface area (Å²) in [5, 5.41) is 0.975. The van der Waals surface area contributed by atoms with Crippen LogP contribution in [0.3, 0.4) is 0 Å². The van der Waals surface area contributed by atoms with Gasteiger partial charge in [-0.1, -0.05) is 60.7 Å². The van der Waals surface area contributed by atoms with Crippen molar-refractivity contribution in [3.05, 3.63) is 101 Å². The van der Waals surface area contributed by atoms with E-state index in [1.54, 1.807) is 0 Å². The van der Waals surface area contributed by atoms with Crippen LogP contribution in [0.15, 0.2) is 79.0 Å². The Morgan fingerprint density at radius 2 is 1.68 bits per heavy atom. The fourth-order valence-electron chi connectivity index (χ4n) is 3.47. The maximum Gasteiger partial charge on any atom is 0.195 e. The molecule has 1 heterocycles. The largest absolute Gasteiger partial charge is 0.491 e. The number of nitrogens with zero attached hydrogens (tertiary/aromatic N) is 1. The van der Waals surface area contributed by atoms with E-state index in [9.17, 15) is 4.79 Å². The lowest BCUT2D eigenvalue weighted by atomic mass is 10.0. The van der Waals surface area contributed by atoms with E-state index in [1.807, 2.05) is 54.7 Å². The predicted octanol–water partition coefficient (Wildman–Crippen LogP) is 5.57. The van der Waals surface area contributed by atoms with Crippen molar-refractivity contribution in [3.63, 3.8) is 0 Å². The minimum atomic E-state index is 0.0472. The van der Waals surface area contributed by atoms with Crippen molar-refractivity contribution >= 4 is 16.7 Å². The lowest BCUT2D eigenvalue weighted by Gasteiger charge is -2.11. The van der Waals surface area contributed by atoms with Crippen molar-refractivity contribution < 1.29 is 9.53 Å². The Labute approximate surface area is 165 Å². The third-order valence-corrected chi connectivity index (χ3v) is 5.00. The molecule has 3 nitrogen and oxygen atoms in total. The molecule has 0 aliphatic rings. The normalized spacial score (nSPS) is 10.9. The second-order valence-electron chi connectivity index (χ2n) is 7.07. The molecule has 0 fully saturated rings. The van der Waals surface area contributed by atoms with E-state index in [0.29, 0.717) is 18.7 Å². The number of ketones is 1. The summed E-state index contributed by atoms with van der Waals surface area (Å²) in [6.07, 6.45) is 1.95. The molecule has 0 unspecified atom stereocenters. The molecule has 3 heteroatoms. The van der Waals surface area contributed by atoms with Gasteiger partial charge in [-0.25, -0.2) is 0 Å². The van der Waals surface area contributed by atoms with Crippen molar-refractivity contribution in [3.8, 4) is 5.75 Å². The first-order chi connectivity index (χ1) is 13.6. The van der Waals surface area contributed by atoms with Crippen LogP contribution in [0.1, 0.15) is 27.0 Å². The van der Waals surface area contributed by atoms with Gasteiger partial charge in [0.2, 0.25) is 0 Å². The highest BCUT2D eigenvalue weighted by Gasteiger charge is 2.16. The second-order valence-corrected chi connectivity index (χ2v) is 7.07. The zero-order chi connectivity index (χ0) is 19.5. The van der Waals surface area contributed by atoms with Gasteiger partial charge in [0.1, 0.15) is 12.4 Å². The molecule has 4 aromatic rings. The van der Waals surface area contributed by atoms with E-state index in [0.717, 1.165) is 27.8 Å². The van der Waals surface area contributed by atoms with Gasteiger partial charge in [-0.3, -0.25) is 4.79 Å². The second kappa shape index (κ2) is 7.73. The number of aryl methyl sites for hydroxylation is 2. The molecule has 4 rings (SSSR count). The van der Waals surface area contributed by atoms with Gasteiger partial charge in [0, 0.05) is 28.2 Å². The van der Waals surface area contributed by atoms with Crippen molar-refractivity contribution in [2.75, 3.05) is 6.61 Å². The minimum absolute atomic E-state index is 0.0472. The van der Waals surface area contributed by atoms with Gasteiger partial charge >= 0.3 is 0 Å². The lowest BCUT2D eigenvalue weighted by molar-refractivity contribution is 0.104. The van der Waals surface area contributed by atoms with E-state index in [1.165, 1.54) is 5.56 Å². The van der Waals surface area contributed by atoms with Crippen molar-refractivity contribution in [1.29, 1.82) is 0 Å². The smallest absolute Gasteiger partial charge is 0.195 e. The Morgan fingerprint density at radius 1 is 0.929 bits per heavy atom. The minimum Gasteiger partial charge on any atom is -0.491 e. The molecule has 0 amide bonds. The first-order valence-corrected chi connectivity index (χ1v) is 9.51.